The van der Waals surface area contributed by atoms with Gasteiger partial charge in [-0.1, -0.05) is 73.0 Å². The second-order valence-corrected chi connectivity index (χ2v) is 6.05. The minimum atomic E-state index is -0.410. The van der Waals surface area contributed by atoms with E-state index < -0.39 is 6.10 Å². The summed E-state index contributed by atoms with van der Waals surface area (Å²) in [6.45, 7) is 2.08. The number of rotatable bonds is 3. The Labute approximate surface area is 121 Å². The van der Waals surface area contributed by atoms with Crippen LogP contribution >= 0.6 is 0 Å². The van der Waals surface area contributed by atoms with Crippen LogP contribution in [-0.4, -0.2) is 5.11 Å². The summed E-state index contributed by atoms with van der Waals surface area (Å²) in [6, 6.07) is 18.9. The number of aryl methyl sites for hydroxylation is 1. The van der Waals surface area contributed by atoms with Gasteiger partial charge in [0.2, 0.25) is 0 Å². The van der Waals surface area contributed by atoms with E-state index >= 15 is 0 Å². The molecule has 1 aliphatic rings. The average Bonchev–Trinajstić information content (AvgIpc) is 2.98. The van der Waals surface area contributed by atoms with Crippen molar-refractivity contribution >= 4 is 0 Å². The summed E-state index contributed by atoms with van der Waals surface area (Å²) < 4.78 is 0. The molecule has 1 unspecified atom stereocenters. The minimum absolute atomic E-state index is 0.102. The molecule has 1 N–H and O–H groups in total. The molecular formula is C19H22O. The zero-order chi connectivity index (χ0) is 14.0. The Morgan fingerprint density at radius 3 is 2.30 bits per heavy atom. The fourth-order valence-electron chi connectivity index (χ4n) is 3.66. The van der Waals surface area contributed by atoms with E-state index in [2.05, 4.69) is 49.4 Å². The summed E-state index contributed by atoms with van der Waals surface area (Å²) >= 11 is 0. The van der Waals surface area contributed by atoms with E-state index in [0.717, 1.165) is 18.4 Å². The van der Waals surface area contributed by atoms with Crippen molar-refractivity contribution in [1.82, 2.24) is 0 Å². The normalized spacial score (nSPS) is 18.9. The van der Waals surface area contributed by atoms with Crippen molar-refractivity contribution in [2.75, 3.05) is 0 Å². The molecule has 0 radical (unpaired) electrons. The van der Waals surface area contributed by atoms with Crippen molar-refractivity contribution in [3.8, 4) is 0 Å². The number of aliphatic hydroxyl groups excluding tert-OH is 1. The fourth-order valence-corrected chi connectivity index (χ4v) is 3.66. The molecule has 104 valence electrons. The summed E-state index contributed by atoms with van der Waals surface area (Å²) in [5.74, 6) is 0. The molecule has 0 saturated heterocycles. The highest BCUT2D eigenvalue weighted by Crippen LogP contribution is 2.49. The molecule has 0 aliphatic heterocycles. The van der Waals surface area contributed by atoms with Gasteiger partial charge in [0.25, 0.3) is 0 Å². The van der Waals surface area contributed by atoms with Crippen LogP contribution in [0.1, 0.15) is 48.5 Å². The number of hydrogen-bond acceptors (Lipinski definition) is 1. The highest BCUT2D eigenvalue weighted by molar-refractivity contribution is 5.34. The highest BCUT2D eigenvalue weighted by Gasteiger charge is 2.42. The van der Waals surface area contributed by atoms with Crippen LogP contribution < -0.4 is 0 Å². The average molecular weight is 266 g/mol. The zero-order valence-corrected chi connectivity index (χ0v) is 12.0. The SMILES string of the molecule is Cc1cccc(C(O)C2(c3ccccc3)CCCC2)c1. The third kappa shape index (κ3) is 2.27. The third-order valence-electron chi connectivity index (χ3n) is 4.73. The van der Waals surface area contributed by atoms with Gasteiger partial charge in [-0.05, 0) is 30.9 Å². The van der Waals surface area contributed by atoms with Crippen LogP contribution in [0, 0.1) is 6.92 Å². The Kier molecular flexibility index (Phi) is 3.62. The second-order valence-electron chi connectivity index (χ2n) is 6.05. The molecule has 0 bridgehead atoms. The molecule has 0 spiro atoms. The van der Waals surface area contributed by atoms with Crippen molar-refractivity contribution in [1.29, 1.82) is 0 Å². The Hall–Kier alpha value is -1.60. The first-order valence-electron chi connectivity index (χ1n) is 7.52. The maximum absolute atomic E-state index is 11.0. The monoisotopic (exact) mass is 266 g/mol. The van der Waals surface area contributed by atoms with Gasteiger partial charge in [-0.2, -0.15) is 0 Å². The molecule has 2 aromatic carbocycles. The zero-order valence-electron chi connectivity index (χ0n) is 12.0. The number of aliphatic hydroxyl groups is 1. The van der Waals surface area contributed by atoms with Crippen molar-refractivity contribution in [2.24, 2.45) is 0 Å². The van der Waals surface area contributed by atoms with Gasteiger partial charge in [0.05, 0.1) is 6.10 Å². The quantitative estimate of drug-likeness (QED) is 0.864. The first kappa shape index (κ1) is 13.4. The molecule has 0 aromatic heterocycles. The molecule has 0 heterocycles. The van der Waals surface area contributed by atoms with Crippen molar-refractivity contribution in [3.63, 3.8) is 0 Å². The van der Waals surface area contributed by atoms with E-state index in [1.165, 1.54) is 24.0 Å². The predicted octanol–water partition coefficient (Wildman–Crippen LogP) is 4.54. The Morgan fingerprint density at radius 2 is 1.65 bits per heavy atom. The molecule has 1 fully saturated rings. The Morgan fingerprint density at radius 1 is 0.950 bits per heavy atom. The molecule has 1 heteroatoms. The predicted molar refractivity (Wildman–Crippen MR) is 82.7 cm³/mol. The van der Waals surface area contributed by atoms with Crippen LogP contribution in [0.3, 0.4) is 0 Å². The summed E-state index contributed by atoms with van der Waals surface area (Å²) in [7, 11) is 0. The Balaban J connectivity index is 2.03. The molecule has 1 nitrogen and oxygen atoms in total. The van der Waals surface area contributed by atoms with Gasteiger partial charge in [0.1, 0.15) is 0 Å². The van der Waals surface area contributed by atoms with E-state index in [1.807, 2.05) is 12.1 Å². The van der Waals surface area contributed by atoms with Crippen molar-refractivity contribution in [3.05, 3.63) is 71.3 Å². The smallest absolute Gasteiger partial charge is 0.0886 e. The van der Waals surface area contributed by atoms with Gasteiger partial charge in [-0.15, -0.1) is 0 Å². The van der Waals surface area contributed by atoms with Crippen LogP contribution in [0.5, 0.6) is 0 Å². The first-order valence-corrected chi connectivity index (χ1v) is 7.52. The van der Waals surface area contributed by atoms with Gasteiger partial charge in [-0.3, -0.25) is 0 Å². The highest BCUT2D eigenvalue weighted by atomic mass is 16.3. The van der Waals surface area contributed by atoms with Crippen LogP contribution in [0.4, 0.5) is 0 Å². The number of benzene rings is 2. The lowest BCUT2D eigenvalue weighted by molar-refractivity contribution is 0.0822. The van der Waals surface area contributed by atoms with Gasteiger partial charge < -0.3 is 5.11 Å². The van der Waals surface area contributed by atoms with Gasteiger partial charge in [0.15, 0.2) is 0 Å². The van der Waals surface area contributed by atoms with Crippen molar-refractivity contribution in [2.45, 2.75) is 44.1 Å². The topological polar surface area (TPSA) is 20.2 Å². The lowest BCUT2D eigenvalue weighted by atomic mass is 9.72. The van der Waals surface area contributed by atoms with E-state index in [0.29, 0.717) is 0 Å². The summed E-state index contributed by atoms with van der Waals surface area (Å²) in [6.07, 6.45) is 4.15. The Bertz CT molecular complexity index is 567. The van der Waals surface area contributed by atoms with E-state index in [4.69, 9.17) is 0 Å². The summed E-state index contributed by atoms with van der Waals surface area (Å²) in [5, 5.41) is 11.0. The van der Waals surface area contributed by atoms with E-state index in [1.54, 1.807) is 0 Å². The molecule has 2 aromatic rings. The van der Waals surface area contributed by atoms with Gasteiger partial charge in [-0.25, -0.2) is 0 Å². The standard InChI is InChI=1S/C19H22O/c1-15-8-7-9-16(14-15)18(20)19(12-5-6-13-19)17-10-3-2-4-11-17/h2-4,7-11,14,18,20H,5-6,12-13H2,1H3. The van der Waals surface area contributed by atoms with Crippen LogP contribution in [-0.2, 0) is 5.41 Å². The van der Waals surface area contributed by atoms with Gasteiger partial charge >= 0.3 is 0 Å². The summed E-state index contributed by atoms with van der Waals surface area (Å²) in [4.78, 5) is 0. The largest absolute Gasteiger partial charge is 0.387 e. The van der Waals surface area contributed by atoms with Gasteiger partial charge in [0, 0.05) is 5.41 Å². The molecule has 0 amide bonds. The lowest BCUT2D eigenvalue weighted by Gasteiger charge is -2.35. The molecule has 1 atom stereocenters. The molecule has 1 saturated carbocycles. The molecule has 20 heavy (non-hydrogen) atoms. The van der Waals surface area contributed by atoms with Crippen molar-refractivity contribution < 1.29 is 5.11 Å². The first-order chi connectivity index (χ1) is 9.72. The summed E-state index contributed by atoms with van der Waals surface area (Å²) in [5.41, 5.74) is 3.44. The number of hydrogen-bond donors (Lipinski definition) is 1. The maximum Gasteiger partial charge on any atom is 0.0886 e. The third-order valence-corrected chi connectivity index (χ3v) is 4.73. The van der Waals surface area contributed by atoms with Crippen LogP contribution in [0.25, 0.3) is 0 Å². The maximum atomic E-state index is 11.0. The van der Waals surface area contributed by atoms with Crippen LogP contribution in [0.15, 0.2) is 54.6 Å². The lowest BCUT2D eigenvalue weighted by Crippen LogP contribution is -2.30. The molecular weight excluding hydrogens is 244 g/mol. The second kappa shape index (κ2) is 5.41. The van der Waals surface area contributed by atoms with E-state index in [9.17, 15) is 5.11 Å². The van der Waals surface area contributed by atoms with Crippen LogP contribution in [0.2, 0.25) is 0 Å². The van der Waals surface area contributed by atoms with E-state index in [-0.39, 0.29) is 5.41 Å². The minimum Gasteiger partial charge on any atom is -0.387 e. The molecule has 3 rings (SSSR count). The fraction of sp³-hybridized carbons (Fsp3) is 0.368. The molecule has 1 aliphatic carbocycles.